The van der Waals surface area contributed by atoms with Crippen LogP contribution < -0.4 is 5.32 Å². The van der Waals surface area contributed by atoms with E-state index in [1.165, 1.54) is 29.7 Å². The highest BCUT2D eigenvalue weighted by molar-refractivity contribution is 5.92. The number of nitrogens with one attached hydrogen (secondary N) is 1. The summed E-state index contributed by atoms with van der Waals surface area (Å²) in [5.74, 6) is 0.0785. The zero-order valence-corrected chi connectivity index (χ0v) is 13.6. The first-order valence-corrected chi connectivity index (χ1v) is 8.51. The van der Waals surface area contributed by atoms with E-state index in [0.29, 0.717) is 6.54 Å². The van der Waals surface area contributed by atoms with E-state index in [-0.39, 0.29) is 11.9 Å². The van der Waals surface area contributed by atoms with E-state index >= 15 is 0 Å². The Balaban J connectivity index is 1.41. The van der Waals surface area contributed by atoms with Crippen molar-refractivity contribution in [1.29, 1.82) is 0 Å². The van der Waals surface area contributed by atoms with Crippen molar-refractivity contribution in [3.8, 4) is 0 Å². The predicted molar refractivity (Wildman–Crippen MR) is 91.5 cm³/mol. The van der Waals surface area contributed by atoms with Crippen molar-refractivity contribution in [3.63, 3.8) is 0 Å². The average molecular weight is 309 g/mol. The second kappa shape index (κ2) is 5.85. The lowest BCUT2D eigenvalue weighted by atomic mass is 10.1. The fourth-order valence-electron chi connectivity index (χ4n) is 3.88. The van der Waals surface area contributed by atoms with E-state index in [1.807, 2.05) is 6.07 Å². The molecule has 1 atom stereocenters. The third-order valence-corrected chi connectivity index (χ3v) is 5.20. The fourth-order valence-corrected chi connectivity index (χ4v) is 3.88. The minimum Gasteiger partial charge on any atom is -0.349 e. The largest absolute Gasteiger partial charge is 0.349 e. The van der Waals surface area contributed by atoms with Gasteiger partial charge < -0.3 is 9.88 Å². The van der Waals surface area contributed by atoms with Crippen LogP contribution in [0.2, 0.25) is 0 Å². The number of rotatable bonds is 3. The molecule has 1 N–H and O–H groups in total. The molecule has 1 unspecified atom stereocenters. The van der Waals surface area contributed by atoms with Gasteiger partial charge in [0.15, 0.2) is 0 Å². The van der Waals surface area contributed by atoms with Crippen LogP contribution in [0.15, 0.2) is 36.5 Å². The number of aryl methyl sites for hydroxylation is 2. The maximum atomic E-state index is 12.4. The van der Waals surface area contributed by atoms with Gasteiger partial charge in [-0.25, -0.2) is 0 Å². The first kappa shape index (κ1) is 14.5. The lowest BCUT2D eigenvalue weighted by Crippen LogP contribution is -2.41. The van der Waals surface area contributed by atoms with Gasteiger partial charge in [-0.05, 0) is 61.6 Å². The molecule has 0 spiro atoms. The molecule has 0 fully saturated rings. The maximum absolute atomic E-state index is 12.4. The first-order chi connectivity index (χ1) is 11.2. The molecule has 23 heavy (non-hydrogen) atoms. The molecule has 2 aromatic rings. The van der Waals surface area contributed by atoms with Crippen LogP contribution >= 0.6 is 0 Å². The Kier molecular flexibility index (Phi) is 3.69. The topological polar surface area (TPSA) is 37.3 Å². The summed E-state index contributed by atoms with van der Waals surface area (Å²) < 4.78 is 2.28. The van der Waals surface area contributed by atoms with Gasteiger partial charge in [0.25, 0.3) is 0 Å². The van der Waals surface area contributed by atoms with Crippen LogP contribution in [0.25, 0.3) is 0 Å². The van der Waals surface area contributed by atoms with Crippen LogP contribution in [-0.2, 0) is 24.2 Å². The molecule has 2 aliphatic rings. The van der Waals surface area contributed by atoms with E-state index in [0.717, 1.165) is 25.2 Å². The third kappa shape index (κ3) is 2.79. The van der Waals surface area contributed by atoms with E-state index in [2.05, 4.69) is 52.2 Å². The molecule has 2 heterocycles. The molecular formula is C19H23N3O. The highest BCUT2D eigenvalue weighted by Gasteiger charge is 2.25. The Hall–Kier alpha value is -2.07. The van der Waals surface area contributed by atoms with Gasteiger partial charge in [0.1, 0.15) is 0 Å². The lowest BCUT2D eigenvalue weighted by molar-refractivity contribution is -0.118. The van der Waals surface area contributed by atoms with Crippen molar-refractivity contribution in [2.45, 2.75) is 38.8 Å². The molecule has 4 heteroatoms. The van der Waals surface area contributed by atoms with Gasteiger partial charge in [0.2, 0.25) is 5.91 Å². The molecule has 1 aromatic heterocycles. The van der Waals surface area contributed by atoms with Crippen LogP contribution in [0.3, 0.4) is 0 Å². The number of fused-ring (bicyclic) bond motifs is 2. The van der Waals surface area contributed by atoms with Crippen LogP contribution in [0, 0.1) is 0 Å². The molecule has 0 radical (unpaired) electrons. The Morgan fingerprint density at radius 1 is 1.22 bits per heavy atom. The van der Waals surface area contributed by atoms with Gasteiger partial charge in [-0.15, -0.1) is 0 Å². The summed E-state index contributed by atoms with van der Waals surface area (Å²) in [6.07, 6.45) is 5.67. The van der Waals surface area contributed by atoms with Crippen LogP contribution in [0.5, 0.6) is 0 Å². The Bertz CT molecular complexity index is 734. The van der Waals surface area contributed by atoms with Crippen molar-refractivity contribution in [1.82, 2.24) is 9.47 Å². The zero-order valence-electron chi connectivity index (χ0n) is 13.6. The van der Waals surface area contributed by atoms with Crippen LogP contribution in [-0.4, -0.2) is 28.5 Å². The summed E-state index contributed by atoms with van der Waals surface area (Å²) in [6, 6.07) is 10.9. The molecule has 0 saturated carbocycles. The average Bonchev–Trinajstić information content (AvgIpc) is 3.18. The Morgan fingerprint density at radius 3 is 3.00 bits per heavy atom. The lowest BCUT2D eigenvalue weighted by Gasteiger charge is -2.34. The molecule has 1 aromatic carbocycles. The number of hydrogen-bond donors (Lipinski definition) is 1. The van der Waals surface area contributed by atoms with Gasteiger partial charge in [-0.1, -0.05) is 6.07 Å². The van der Waals surface area contributed by atoms with Crippen LogP contribution in [0.4, 0.5) is 5.69 Å². The third-order valence-electron chi connectivity index (χ3n) is 5.20. The smallest absolute Gasteiger partial charge is 0.238 e. The summed E-state index contributed by atoms with van der Waals surface area (Å²) in [7, 11) is 0. The SMILES string of the molecule is CC1c2cccn2CCN1CC(=O)Nc1ccc2c(c1)CCC2. The molecule has 1 aliphatic carbocycles. The maximum Gasteiger partial charge on any atom is 0.238 e. The van der Waals surface area contributed by atoms with Gasteiger partial charge in [0, 0.05) is 36.7 Å². The molecular weight excluding hydrogens is 286 g/mol. The number of nitrogens with zero attached hydrogens (tertiary/aromatic N) is 2. The quantitative estimate of drug-likeness (QED) is 0.946. The van der Waals surface area contributed by atoms with E-state index in [1.54, 1.807) is 0 Å². The highest BCUT2D eigenvalue weighted by atomic mass is 16.2. The summed E-state index contributed by atoms with van der Waals surface area (Å²) in [6.45, 7) is 4.50. The van der Waals surface area contributed by atoms with Crippen LogP contribution in [0.1, 0.15) is 36.2 Å². The summed E-state index contributed by atoms with van der Waals surface area (Å²) in [5.41, 5.74) is 5.06. The number of carbonyl (C=O) groups excluding carboxylic acids is 1. The molecule has 0 saturated heterocycles. The van der Waals surface area contributed by atoms with Gasteiger partial charge >= 0.3 is 0 Å². The number of carbonyl (C=O) groups is 1. The number of benzene rings is 1. The number of anilines is 1. The van der Waals surface area contributed by atoms with Crippen molar-refractivity contribution < 1.29 is 4.79 Å². The minimum atomic E-state index is 0.0785. The predicted octanol–water partition coefficient (Wildman–Crippen LogP) is 2.99. The number of hydrogen-bond acceptors (Lipinski definition) is 2. The zero-order chi connectivity index (χ0) is 15.8. The van der Waals surface area contributed by atoms with Gasteiger partial charge in [-0.3, -0.25) is 9.69 Å². The van der Waals surface area contributed by atoms with Crippen molar-refractivity contribution >= 4 is 11.6 Å². The molecule has 1 aliphatic heterocycles. The number of amides is 1. The fraction of sp³-hybridized carbons (Fsp3) is 0.421. The second-order valence-corrected chi connectivity index (χ2v) is 6.66. The first-order valence-electron chi connectivity index (χ1n) is 8.51. The molecule has 4 rings (SSSR count). The Labute approximate surface area is 137 Å². The minimum absolute atomic E-state index is 0.0785. The van der Waals surface area contributed by atoms with Gasteiger partial charge in [-0.2, -0.15) is 0 Å². The van der Waals surface area contributed by atoms with E-state index in [4.69, 9.17) is 0 Å². The monoisotopic (exact) mass is 309 g/mol. The van der Waals surface area contributed by atoms with E-state index in [9.17, 15) is 4.79 Å². The standard InChI is InChI=1S/C19H23N3O/c1-14-18-6-3-9-21(18)10-11-22(14)13-19(23)20-17-8-7-15-4-2-5-16(15)12-17/h3,6-9,12,14H,2,4-5,10-11,13H2,1H3,(H,20,23). The summed E-state index contributed by atoms with van der Waals surface area (Å²) in [4.78, 5) is 14.7. The second-order valence-electron chi connectivity index (χ2n) is 6.66. The number of aromatic nitrogens is 1. The summed E-state index contributed by atoms with van der Waals surface area (Å²) in [5, 5.41) is 3.07. The van der Waals surface area contributed by atoms with Crippen molar-refractivity contribution in [3.05, 3.63) is 53.3 Å². The van der Waals surface area contributed by atoms with Crippen molar-refractivity contribution in [2.24, 2.45) is 0 Å². The summed E-state index contributed by atoms with van der Waals surface area (Å²) >= 11 is 0. The van der Waals surface area contributed by atoms with E-state index < -0.39 is 0 Å². The molecule has 0 bridgehead atoms. The van der Waals surface area contributed by atoms with Crippen molar-refractivity contribution in [2.75, 3.05) is 18.4 Å². The highest BCUT2D eigenvalue weighted by Crippen LogP contribution is 2.26. The normalized spacial score (nSPS) is 20.1. The van der Waals surface area contributed by atoms with Gasteiger partial charge in [0.05, 0.1) is 6.54 Å². The molecule has 1 amide bonds. The molecule has 4 nitrogen and oxygen atoms in total. The molecule has 120 valence electrons. The Morgan fingerprint density at radius 2 is 2.09 bits per heavy atom.